The maximum atomic E-state index is 12.2. The van der Waals surface area contributed by atoms with Crippen LogP contribution in [-0.2, 0) is 11.2 Å². The number of benzene rings is 1. The third-order valence-corrected chi connectivity index (χ3v) is 5.18. The van der Waals surface area contributed by atoms with Crippen LogP contribution in [0.2, 0.25) is 0 Å². The van der Waals surface area contributed by atoms with Crippen LogP contribution in [0.1, 0.15) is 52.5 Å². The molecule has 2 N–H and O–H groups in total. The van der Waals surface area contributed by atoms with Gasteiger partial charge in [-0.3, -0.25) is 9.59 Å². The molecule has 0 fully saturated rings. The maximum Gasteiger partial charge on any atom is 0.261 e. The fraction of sp³-hybridized carbons (Fsp3) is 0.368. The summed E-state index contributed by atoms with van der Waals surface area (Å²) >= 11 is 1.42. The monoisotopic (exact) mass is 342 g/mol. The van der Waals surface area contributed by atoms with Gasteiger partial charge in [-0.05, 0) is 48.3 Å². The molecule has 1 aromatic carbocycles. The Morgan fingerprint density at radius 1 is 1.17 bits per heavy atom. The van der Waals surface area contributed by atoms with Gasteiger partial charge < -0.3 is 10.6 Å². The fourth-order valence-corrected chi connectivity index (χ4v) is 3.76. The Hall–Kier alpha value is -2.14. The summed E-state index contributed by atoms with van der Waals surface area (Å²) in [5, 5.41) is 7.87. The van der Waals surface area contributed by atoms with Crippen molar-refractivity contribution in [2.45, 2.75) is 38.1 Å². The van der Waals surface area contributed by atoms with Crippen LogP contribution >= 0.6 is 11.3 Å². The van der Waals surface area contributed by atoms with E-state index >= 15 is 0 Å². The van der Waals surface area contributed by atoms with Crippen molar-refractivity contribution in [2.75, 3.05) is 6.54 Å². The van der Waals surface area contributed by atoms with Crippen LogP contribution in [0.15, 0.2) is 41.8 Å². The van der Waals surface area contributed by atoms with Crippen LogP contribution in [0.5, 0.6) is 0 Å². The Morgan fingerprint density at radius 2 is 2.04 bits per heavy atom. The molecular formula is C19H22N2O2S. The van der Waals surface area contributed by atoms with Crippen molar-refractivity contribution in [3.8, 4) is 0 Å². The molecule has 126 valence electrons. The normalized spacial score (nSPS) is 16.2. The fourth-order valence-electron chi connectivity index (χ4n) is 3.12. The molecule has 2 amide bonds. The predicted molar refractivity (Wildman–Crippen MR) is 96.1 cm³/mol. The summed E-state index contributed by atoms with van der Waals surface area (Å²) in [6, 6.07) is 12.1. The second-order valence-corrected chi connectivity index (χ2v) is 7.00. The van der Waals surface area contributed by atoms with Gasteiger partial charge in [0.05, 0.1) is 10.9 Å². The van der Waals surface area contributed by atoms with Crippen molar-refractivity contribution in [3.63, 3.8) is 0 Å². The van der Waals surface area contributed by atoms with Gasteiger partial charge in [-0.15, -0.1) is 11.3 Å². The molecule has 0 spiro atoms. The third kappa shape index (κ3) is 4.23. The van der Waals surface area contributed by atoms with Gasteiger partial charge in [0, 0.05) is 13.0 Å². The highest BCUT2D eigenvalue weighted by Gasteiger charge is 2.21. The summed E-state index contributed by atoms with van der Waals surface area (Å²) < 4.78 is 0. The van der Waals surface area contributed by atoms with E-state index < -0.39 is 0 Å². The van der Waals surface area contributed by atoms with Crippen molar-refractivity contribution in [1.82, 2.24) is 10.6 Å². The molecule has 0 saturated carbocycles. The molecule has 1 aromatic heterocycles. The van der Waals surface area contributed by atoms with Gasteiger partial charge in [-0.25, -0.2) is 0 Å². The molecule has 1 unspecified atom stereocenters. The number of carbonyl (C=O) groups excluding carboxylic acids is 2. The third-order valence-electron chi connectivity index (χ3n) is 4.32. The highest BCUT2D eigenvalue weighted by atomic mass is 32.1. The second kappa shape index (κ2) is 8.11. The Balaban J connectivity index is 1.41. The van der Waals surface area contributed by atoms with Gasteiger partial charge >= 0.3 is 0 Å². The molecule has 5 heteroatoms. The SMILES string of the molecule is O=C(CCCNC(=O)c1cccs1)NC1CCCc2ccccc21. The van der Waals surface area contributed by atoms with Gasteiger partial charge in [0.1, 0.15) is 0 Å². The lowest BCUT2D eigenvalue weighted by Gasteiger charge is -2.26. The lowest BCUT2D eigenvalue weighted by molar-refractivity contribution is -0.122. The van der Waals surface area contributed by atoms with Gasteiger partial charge in [-0.1, -0.05) is 30.3 Å². The smallest absolute Gasteiger partial charge is 0.261 e. The molecule has 0 radical (unpaired) electrons. The average molecular weight is 342 g/mol. The quantitative estimate of drug-likeness (QED) is 0.790. The highest BCUT2D eigenvalue weighted by molar-refractivity contribution is 7.12. The highest BCUT2D eigenvalue weighted by Crippen LogP contribution is 2.29. The number of thiophene rings is 1. The first kappa shape index (κ1) is 16.7. The largest absolute Gasteiger partial charge is 0.351 e. The molecule has 1 aliphatic rings. The van der Waals surface area contributed by atoms with E-state index in [1.54, 1.807) is 6.07 Å². The Bertz CT molecular complexity index is 697. The Labute approximate surface area is 146 Å². The summed E-state index contributed by atoms with van der Waals surface area (Å²) in [6.45, 7) is 0.519. The number of hydrogen-bond donors (Lipinski definition) is 2. The van der Waals surface area contributed by atoms with Crippen LogP contribution in [0.25, 0.3) is 0 Å². The number of nitrogens with one attached hydrogen (secondary N) is 2. The number of aryl methyl sites for hydroxylation is 1. The summed E-state index contributed by atoms with van der Waals surface area (Å²) in [5.41, 5.74) is 2.60. The van der Waals surface area contributed by atoms with Crippen LogP contribution in [-0.4, -0.2) is 18.4 Å². The molecule has 1 heterocycles. The molecule has 0 aliphatic heterocycles. The minimum Gasteiger partial charge on any atom is -0.351 e. The van der Waals surface area contributed by atoms with Crippen molar-refractivity contribution < 1.29 is 9.59 Å². The van der Waals surface area contributed by atoms with Crippen molar-refractivity contribution >= 4 is 23.2 Å². The lowest BCUT2D eigenvalue weighted by atomic mass is 9.87. The summed E-state index contributed by atoms with van der Waals surface area (Å²) in [7, 11) is 0. The predicted octanol–water partition coefficient (Wildman–Crippen LogP) is 3.45. The summed E-state index contributed by atoms with van der Waals surface area (Å²) in [5.74, 6) is -0.00584. The van der Waals surface area contributed by atoms with Crippen molar-refractivity contribution in [2.24, 2.45) is 0 Å². The van der Waals surface area contributed by atoms with E-state index in [-0.39, 0.29) is 17.9 Å². The lowest BCUT2D eigenvalue weighted by Crippen LogP contribution is -2.31. The molecule has 0 bridgehead atoms. The minimum atomic E-state index is -0.0633. The number of carbonyl (C=O) groups is 2. The van der Waals surface area contributed by atoms with Gasteiger partial charge in [0.15, 0.2) is 0 Å². The molecule has 2 aromatic rings. The van der Waals surface area contributed by atoms with Crippen LogP contribution in [0.3, 0.4) is 0 Å². The van der Waals surface area contributed by atoms with Crippen molar-refractivity contribution in [3.05, 3.63) is 57.8 Å². The molecule has 0 saturated heterocycles. The molecule has 3 rings (SSSR count). The van der Waals surface area contributed by atoms with Gasteiger partial charge in [0.25, 0.3) is 5.91 Å². The zero-order valence-corrected chi connectivity index (χ0v) is 14.4. The first-order chi connectivity index (χ1) is 11.7. The molecule has 24 heavy (non-hydrogen) atoms. The number of rotatable bonds is 6. The second-order valence-electron chi connectivity index (χ2n) is 6.05. The van der Waals surface area contributed by atoms with Crippen LogP contribution in [0, 0.1) is 0 Å². The first-order valence-electron chi connectivity index (χ1n) is 8.43. The summed E-state index contributed by atoms with van der Waals surface area (Å²) in [6.07, 6.45) is 4.29. The Morgan fingerprint density at radius 3 is 2.88 bits per heavy atom. The van der Waals surface area contributed by atoms with E-state index in [4.69, 9.17) is 0 Å². The number of hydrogen-bond acceptors (Lipinski definition) is 3. The molecule has 1 atom stereocenters. The zero-order valence-electron chi connectivity index (χ0n) is 13.6. The van der Waals surface area contributed by atoms with Crippen LogP contribution < -0.4 is 10.6 Å². The van der Waals surface area contributed by atoms with Gasteiger partial charge in [-0.2, -0.15) is 0 Å². The zero-order chi connectivity index (χ0) is 16.8. The molecule has 4 nitrogen and oxygen atoms in total. The minimum absolute atomic E-state index is 0.0575. The number of fused-ring (bicyclic) bond motifs is 1. The van der Waals surface area contributed by atoms with Gasteiger partial charge in [0.2, 0.25) is 5.91 Å². The van der Waals surface area contributed by atoms with E-state index in [9.17, 15) is 9.59 Å². The summed E-state index contributed by atoms with van der Waals surface area (Å²) in [4.78, 5) is 24.7. The van der Waals surface area contributed by atoms with E-state index in [2.05, 4.69) is 28.8 Å². The molecule has 1 aliphatic carbocycles. The average Bonchev–Trinajstić information content (AvgIpc) is 3.14. The van der Waals surface area contributed by atoms with E-state index in [0.29, 0.717) is 24.3 Å². The van der Waals surface area contributed by atoms with E-state index in [0.717, 1.165) is 19.3 Å². The first-order valence-corrected chi connectivity index (χ1v) is 9.31. The van der Waals surface area contributed by atoms with E-state index in [1.165, 1.54) is 22.5 Å². The number of amides is 2. The standard InChI is InChI=1S/C19H22N2O2S/c22-18(11-4-12-20-19(23)17-10-5-13-24-17)21-16-9-3-7-14-6-1-2-8-15(14)16/h1-2,5-6,8,10,13,16H,3-4,7,9,11-12H2,(H,20,23)(H,21,22). The topological polar surface area (TPSA) is 58.2 Å². The Kier molecular flexibility index (Phi) is 5.64. The van der Waals surface area contributed by atoms with E-state index in [1.807, 2.05) is 17.5 Å². The van der Waals surface area contributed by atoms with Crippen molar-refractivity contribution in [1.29, 1.82) is 0 Å². The maximum absolute atomic E-state index is 12.2. The van der Waals surface area contributed by atoms with Crippen LogP contribution in [0.4, 0.5) is 0 Å². The molecular weight excluding hydrogens is 320 g/mol.